The molecule has 3 aliphatic heterocycles. The number of hydrogen-bond acceptors (Lipinski definition) is 12. The number of ketones is 2. The van der Waals surface area contributed by atoms with Gasteiger partial charge in [-0.05, 0) is 90.9 Å². The summed E-state index contributed by atoms with van der Waals surface area (Å²) in [5, 5.41) is 15.0. The summed E-state index contributed by atoms with van der Waals surface area (Å²) < 4.78 is 45.4. The van der Waals surface area contributed by atoms with Crippen LogP contribution in [0.5, 0.6) is 0 Å². The third kappa shape index (κ3) is 9.57. The number of alkyl carbamates (subject to hydrolysis) is 1. The van der Waals surface area contributed by atoms with Crippen molar-refractivity contribution in [2.24, 2.45) is 23.7 Å². The average Bonchev–Trinajstić information content (AvgIpc) is 3.48. The minimum Gasteiger partial charge on any atom is -0.457 e. The number of likely N-dealkylation sites (N-methyl/N-ethyl adjacent to an activating group) is 1. The van der Waals surface area contributed by atoms with E-state index >= 15 is 0 Å². The van der Waals surface area contributed by atoms with Crippen LogP contribution < -0.4 is 5.32 Å². The molecule has 1 unspecified atom stereocenters. The summed E-state index contributed by atoms with van der Waals surface area (Å²) in [6, 6.07) is 4.99. The SMILES string of the molecule is CCC[C@H]1OC(=O)[C@H](C)C(=O)[C@H](C)[C@@H](OC2O[C@H](C)C[C@H](N(C)C)[C@H]2O)[C@](C)(OC/C=C/c2cnc3ccc(F)cc3c2)C[C@@H](C)C(=O)[C@@H](C)[C@@H]2NC(=O)O[C@]12C. The molecule has 13 atom stereocenters. The normalized spacial score (nSPS) is 37.2. The Labute approximate surface area is 335 Å². The fourth-order valence-electron chi connectivity index (χ4n) is 8.88. The molecule has 1 aromatic heterocycles. The van der Waals surface area contributed by atoms with E-state index in [0.29, 0.717) is 35.7 Å². The molecule has 3 fully saturated rings. The summed E-state index contributed by atoms with van der Waals surface area (Å²) in [6.45, 7) is 13.8. The van der Waals surface area contributed by atoms with Crippen LogP contribution in [0, 0.1) is 29.5 Å². The van der Waals surface area contributed by atoms with Crippen molar-refractivity contribution in [3.63, 3.8) is 0 Å². The summed E-state index contributed by atoms with van der Waals surface area (Å²) in [7, 11) is 3.71. The number of carbonyl (C=O) groups excluding carboxylic acids is 4. The van der Waals surface area contributed by atoms with Crippen LogP contribution in [-0.4, -0.2) is 113 Å². The molecule has 0 saturated carbocycles. The van der Waals surface area contributed by atoms with Crippen LogP contribution in [0.1, 0.15) is 86.6 Å². The van der Waals surface area contributed by atoms with Crippen molar-refractivity contribution >= 4 is 40.6 Å². The molecule has 0 bridgehead atoms. The second-order valence-corrected chi connectivity index (χ2v) is 16.9. The van der Waals surface area contributed by atoms with Gasteiger partial charge in [0.1, 0.15) is 29.7 Å². The lowest BCUT2D eigenvalue weighted by Gasteiger charge is -2.47. The van der Waals surface area contributed by atoms with Crippen molar-refractivity contribution in [1.82, 2.24) is 15.2 Å². The minimum atomic E-state index is -1.41. The highest BCUT2D eigenvalue weighted by molar-refractivity contribution is 6.00. The van der Waals surface area contributed by atoms with Crippen LogP contribution in [0.4, 0.5) is 9.18 Å². The maximum absolute atomic E-state index is 14.5. The lowest BCUT2D eigenvalue weighted by molar-refractivity contribution is -0.296. The standard InChI is InChI=1S/C43H60FN3O10/c1-11-13-33-43(8)37(46-41(52)57-43)25(4)34(48)23(2)21-42(7,53-17-12-14-28-19-29-20-30(44)15-16-31(29)45-22-28)38(26(5)35(49)27(6)39(51)55-33)56-40-36(50)32(47(9)10)18-24(3)54-40/h12,14-16,19-20,22-27,32-33,36-38,40,50H,11,13,17-18,21H2,1-10H3,(H,46,52)/b14-12+/t23-,24-,25-,26+,27-,32+,33-,36-,37+,38-,40?,42-,43-/m1/s1. The fourth-order valence-corrected chi connectivity index (χ4v) is 8.88. The Morgan fingerprint density at radius 1 is 1.05 bits per heavy atom. The number of nitrogens with zero attached hydrogens (tertiary/aromatic N) is 2. The maximum Gasteiger partial charge on any atom is 0.408 e. The van der Waals surface area contributed by atoms with Gasteiger partial charge >= 0.3 is 12.1 Å². The Morgan fingerprint density at radius 3 is 2.46 bits per heavy atom. The van der Waals surface area contributed by atoms with E-state index in [1.165, 1.54) is 19.1 Å². The van der Waals surface area contributed by atoms with Gasteiger partial charge < -0.3 is 39.0 Å². The number of fused-ring (bicyclic) bond motifs is 2. The van der Waals surface area contributed by atoms with Gasteiger partial charge in [0.2, 0.25) is 0 Å². The lowest BCUT2D eigenvalue weighted by Crippen LogP contribution is -2.60. The van der Waals surface area contributed by atoms with E-state index in [0.717, 1.165) is 0 Å². The van der Waals surface area contributed by atoms with Crippen molar-refractivity contribution < 1.29 is 52.4 Å². The summed E-state index contributed by atoms with van der Waals surface area (Å²) in [5.74, 6) is -5.69. The highest BCUT2D eigenvalue weighted by Crippen LogP contribution is 2.40. The fraction of sp³-hybridized carbons (Fsp3) is 0.651. The molecule has 4 heterocycles. The number of nitrogens with one attached hydrogen (secondary N) is 1. The van der Waals surface area contributed by atoms with E-state index < -0.39 is 83.4 Å². The van der Waals surface area contributed by atoms with E-state index in [1.807, 2.05) is 32.8 Å². The van der Waals surface area contributed by atoms with Crippen molar-refractivity contribution in [3.05, 3.63) is 47.9 Å². The zero-order chi connectivity index (χ0) is 42.0. The summed E-state index contributed by atoms with van der Waals surface area (Å²) in [6.07, 6.45) is 1.23. The second-order valence-electron chi connectivity index (χ2n) is 16.9. The first-order chi connectivity index (χ1) is 26.8. The van der Waals surface area contributed by atoms with Gasteiger partial charge in [0.05, 0.1) is 36.0 Å². The Bertz CT molecular complexity index is 1820. The molecule has 14 heteroatoms. The van der Waals surface area contributed by atoms with E-state index in [-0.39, 0.29) is 36.8 Å². The van der Waals surface area contributed by atoms with E-state index in [4.69, 9.17) is 23.7 Å². The van der Waals surface area contributed by atoms with Crippen molar-refractivity contribution in [2.75, 3.05) is 20.7 Å². The Balaban J connectivity index is 1.56. The van der Waals surface area contributed by atoms with Crippen LogP contribution in [-0.2, 0) is 38.1 Å². The largest absolute Gasteiger partial charge is 0.457 e. The third-order valence-electron chi connectivity index (χ3n) is 12.1. The smallest absolute Gasteiger partial charge is 0.408 e. The van der Waals surface area contributed by atoms with Gasteiger partial charge in [-0.3, -0.25) is 19.4 Å². The molecule has 0 spiro atoms. The van der Waals surface area contributed by atoms with E-state index in [1.54, 1.807) is 65.1 Å². The van der Waals surface area contributed by atoms with Crippen LogP contribution in [0.3, 0.4) is 0 Å². The number of aromatic nitrogens is 1. The summed E-state index contributed by atoms with van der Waals surface area (Å²) >= 11 is 0. The summed E-state index contributed by atoms with van der Waals surface area (Å²) in [4.78, 5) is 62.0. The van der Waals surface area contributed by atoms with E-state index in [2.05, 4.69) is 10.3 Å². The lowest BCUT2D eigenvalue weighted by atomic mass is 9.73. The molecule has 3 aliphatic rings. The maximum atomic E-state index is 14.5. The number of aliphatic hydroxyl groups is 1. The zero-order valence-corrected chi connectivity index (χ0v) is 34.8. The van der Waals surface area contributed by atoms with Crippen molar-refractivity contribution in [3.8, 4) is 0 Å². The number of pyridine rings is 1. The molecule has 1 amide bonds. The first-order valence-electron chi connectivity index (χ1n) is 20.1. The van der Waals surface area contributed by atoms with Gasteiger partial charge in [-0.25, -0.2) is 9.18 Å². The Hall–Kier alpha value is -3.82. The van der Waals surface area contributed by atoms with Crippen LogP contribution in [0.25, 0.3) is 17.0 Å². The quantitative estimate of drug-likeness (QED) is 0.238. The monoisotopic (exact) mass is 797 g/mol. The molecule has 0 aliphatic carbocycles. The number of ether oxygens (including phenoxy) is 5. The molecular weight excluding hydrogens is 737 g/mol. The van der Waals surface area contributed by atoms with Gasteiger partial charge in [0.25, 0.3) is 0 Å². The highest BCUT2D eigenvalue weighted by atomic mass is 19.1. The number of halogens is 1. The van der Waals surface area contributed by atoms with E-state index in [9.17, 15) is 28.7 Å². The second kappa shape index (κ2) is 18.0. The molecule has 2 aromatic rings. The molecule has 13 nitrogen and oxygen atoms in total. The Morgan fingerprint density at radius 2 is 1.77 bits per heavy atom. The molecular formula is C43H60FN3O10. The zero-order valence-electron chi connectivity index (χ0n) is 34.8. The van der Waals surface area contributed by atoms with Crippen LogP contribution in [0.2, 0.25) is 0 Å². The number of amides is 1. The number of cyclic esters (lactones) is 1. The van der Waals surface area contributed by atoms with Gasteiger partial charge in [0, 0.05) is 35.4 Å². The van der Waals surface area contributed by atoms with Gasteiger partial charge in [-0.1, -0.05) is 46.3 Å². The highest BCUT2D eigenvalue weighted by Gasteiger charge is 2.57. The number of hydrogen-bond donors (Lipinski definition) is 2. The first-order valence-corrected chi connectivity index (χ1v) is 20.1. The number of carbonyl (C=O) groups is 4. The molecule has 2 N–H and O–H groups in total. The molecule has 5 rings (SSSR count). The number of aliphatic hydroxyl groups excluding tert-OH is 1. The first kappa shape index (κ1) is 44.3. The number of rotatable bonds is 9. The molecule has 314 valence electrons. The minimum absolute atomic E-state index is 0.0133. The summed E-state index contributed by atoms with van der Waals surface area (Å²) in [5.41, 5.74) is -1.47. The van der Waals surface area contributed by atoms with Gasteiger partial charge in [-0.2, -0.15) is 0 Å². The Kier molecular flexibility index (Phi) is 14.0. The van der Waals surface area contributed by atoms with Crippen molar-refractivity contribution in [1.29, 1.82) is 0 Å². The number of Topliss-reactive ketones (excluding diaryl/α,β-unsaturated/α-hetero) is 2. The predicted molar refractivity (Wildman–Crippen MR) is 210 cm³/mol. The van der Waals surface area contributed by atoms with Crippen LogP contribution in [0.15, 0.2) is 36.5 Å². The van der Waals surface area contributed by atoms with Crippen molar-refractivity contribution in [2.45, 2.75) is 135 Å². The molecule has 0 radical (unpaired) electrons. The molecule has 57 heavy (non-hydrogen) atoms. The van der Waals surface area contributed by atoms with Crippen LogP contribution >= 0.6 is 0 Å². The van der Waals surface area contributed by atoms with Gasteiger partial charge in [-0.15, -0.1) is 0 Å². The third-order valence-corrected chi connectivity index (χ3v) is 12.1. The predicted octanol–water partition coefficient (Wildman–Crippen LogP) is 5.64. The number of esters is 1. The molecule has 1 aromatic carbocycles. The van der Waals surface area contributed by atoms with Gasteiger partial charge in [0.15, 0.2) is 17.7 Å². The number of benzene rings is 1. The molecule has 3 saturated heterocycles. The topological polar surface area (TPSA) is 163 Å². The average molecular weight is 798 g/mol.